The van der Waals surface area contributed by atoms with Gasteiger partial charge in [0.2, 0.25) is 0 Å². The molecule has 1 N–H and O–H groups in total. The summed E-state index contributed by atoms with van der Waals surface area (Å²) in [5, 5.41) is 8.87. The van der Waals surface area contributed by atoms with E-state index in [0.29, 0.717) is 12.4 Å². The highest BCUT2D eigenvalue weighted by atomic mass is 16.5. The minimum Gasteiger partial charge on any atom is -0.497 e. The van der Waals surface area contributed by atoms with Crippen molar-refractivity contribution in [1.82, 2.24) is 9.78 Å². The summed E-state index contributed by atoms with van der Waals surface area (Å²) in [6.07, 6.45) is 4.87. The number of nitrogens with one attached hydrogen (secondary N) is 1. The maximum Gasteiger partial charge on any atom is 0.122 e. The topological polar surface area (TPSA) is 51.4 Å². The number of methoxy groups -OCH3 is 1. The minimum atomic E-state index is 0.0666. The van der Waals surface area contributed by atoms with Crippen LogP contribution in [0.4, 0.5) is 5.69 Å². The van der Waals surface area contributed by atoms with Crippen LogP contribution < -0.4 is 10.1 Å². The van der Waals surface area contributed by atoms with Crippen molar-refractivity contribution in [2.75, 3.05) is 12.4 Å². The van der Waals surface area contributed by atoms with Gasteiger partial charge in [0.1, 0.15) is 11.6 Å². The molecule has 0 spiro atoms. The molecule has 5 nitrogen and oxygen atoms in total. The fourth-order valence-electron chi connectivity index (χ4n) is 2.74. The van der Waals surface area contributed by atoms with Crippen LogP contribution >= 0.6 is 0 Å². The van der Waals surface area contributed by atoms with E-state index in [2.05, 4.69) is 67.0 Å². The van der Waals surface area contributed by atoms with E-state index in [1.54, 1.807) is 7.11 Å². The summed E-state index contributed by atoms with van der Waals surface area (Å²) in [6.45, 7) is 11.2. The van der Waals surface area contributed by atoms with Gasteiger partial charge in [0, 0.05) is 17.3 Å². The summed E-state index contributed by atoms with van der Waals surface area (Å²) in [5.41, 5.74) is 3.28. The number of aliphatic imine (C=N–C) groups is 1. The zero-order valence-corrected chi connectivity index (χ0v) is 17.1. The van der Waals surface area contributed by atoms with Crippen LogP contribution in [0.15, 0.2) is 66.1 Å². The molecule has 2 aromatic carbocycles. The van der Waals surface area contributed by atoms with Gasteiger partial charge in [-0.1, -0.05) is 39.5 Å². The Morgan fingerprint density at radius 3 is 2.68 bits per heavy atom. The molecule has 1 heterocycles. The molecular weight excluding hydrogens is 348 g/mol. The third-order valence-corrected chi connectivity index (χ3v) is 4.90. The Balaban J connectivity index is 1.72. The molecule has 3 rings (SSSR count). The summed E-state index contributed by atoms with van der Waals surface area (Å²) >= 11 is 0. The Labute approximate surface area is 166 Å². The van der Waals surface area contributed by atoms with Crippen LogP contribution in [0.1, 0.15) is 32.8 Å². The van der Waals surface area contributed by atoms with Crippen LogP contribution in [0.3, 0.4) is 0 Å². The van der Waals surface area contributed by atoms with Crippen LogP contribution in [0, 0.1) is 5.41 Å². The second-order valence-electron chi connectivity index (χ2n) is 7.60. The second kappa shape index (κ2) is 8.30. The third kappa shape index (κ3) is 4.80. The lowest BCUT2D eigenvalue weighted by Crippen LogP contribution is -2.11. The van der Waals surface area contributed by atoms with Crippen molar-refractivity contribution in [3.63, 3.8) is 0 Å². The number of aromatic nitrogens is 2. The third-order valence-electron chi connectivity index (χ3n) is 4.90. The fourth-order valence-corrected chi connectivity index (χ4v) is 2.74. The standard InChI is InChI=1S/C23H28N4O/c1-6-23(3,4)16-24-17(2)26-20-9-12-22-19(13-20)14-25-27(22)15-18-7-10-21(28-5)11-8-18/h7-14,16,26H,2,6,15H2,1,3-5H3. The molecule has 0 amide bonds. The van der Waals surface area contributed by atoms with E-state index in [4.69, 9.17) is 4.74 Å². The van der Waals surface area contributed by atoms with Gasteiger partial charge in [0.25, 0.3) is 0 Å². The van der Waals surface area contributed by atoms with E-state index in [-0.39, 0.29) is 5.41 Å². The number of hydrogen-bond acceptors (Lipinski definition) is 4. The van der Waals surface area contributed by atoms with Crippen molar-refractivity contribution in [2.24, 2.45) is 10.4 Å². The molecule has 0 saturated heterocycles. The molecule has 0 atom stereocenters. The number of hydrogen-bond donors (Lipinski definition) is 1. The summed E-state index contributed by atoms with van der Waals surface area (Å²) in [6, 6.07) is 14.2. The molecule has 0 bridgehead atoms. The summed E-state index contributed by atoms with van der Waals surface area (Å²) in [5.74, 6) is 1.49. The number of ether oxygens (including phenoxy) is 1. The molecule has 146 valence electrons. The van der Waals surface area contributed by atoms with Gasteiger partial charge < -0.3 is 10.1 Å². The quantitative estimate of drug-likeness (QED) is 0.529. The van der Waals surface area contributed by atoms with Crippen molar-refractivity contribution >= 4 is 22.8 Å². The van der Waals surface area contributed by atoms with Gasteiger partial charge in [-0.25, -0.2) is 4.99 Å². The highest BCUT2D eigenvalue weighted by molar-refractivity contribution is 5.83. The molecule has 0 aliphatic rings. The first kappa shape index (κ1) is 19.7. The SMILES string of the molecule is C=C(N=CC(C)(C)CC)Nc1ccc2c(cnn2Cc2ccc(OC)cc2)c1. The van der Waals surface area contributed by atoms with E-state index in [1.165, 1.54) is 5.56 Å². The number of rotatable bonds is 8. The van der Waals surface area contributed by atoms with E-state index < -0.39 is 0 Å². The highest BCUT2D eigenvalue weighted by Gasteiger charge is 2.11. The molecule has 1 aromatic heterocycles. The average Bonchev–Trinajstić information content (AvgIpc) is 3.09. The van der Waals surface area contributed by atoms with E-state index in [0.717, 1.165) is 28.8 Å². The Morgan fingerprint density at radius 1 is 1.25 bits per heavy atom. The van der Waals surface area contributed by atoms with E-state index in [9.17, 15) is 0 Å². The fraction of sp³-hybridized carbons (Fsp3) is 0.304. The summed E-state index contributed by atoms with van der Waals surface area (Å²) < 4.78 is 7.21. The number of fused-ring (bicyclic) bond motifs is 1. The molecule has 3 aromatic rings. The van der Waals surface area contributed by atoms with Crippen LogP contribution in [-0.2, 0) is 6.54 Å². The van der Waals surface area contributed by atoms with Gasteiger partial charge >= 0.3 is 0 Å². The normalized spacial score (nSPS) is 11.9. The number of nitrogens with zero attached hydrogens (tertiary/aromatic N) is 3. The number of benzene rings is 2. The predicted octanol–water partition coefficient (Wildman–Crippen LogP) is 5.48. The lowest BCUT2D eigenvalue weighted by molar-refractivity contribution is 0.414. The molecule has 0 radical (unpaired) electrons. The maximum absolute atomic E-state index is 5.22. The minimum absolute atomic E-state index is 0.0666. The van der Waals surface area contributed by atoms with Crippen molar-refractivity contribution in [1.29, 1.82) is 0 Å². The predicted molar refractivity (Wildman–Crippen MR) is 117 cm³/mol. The van der Waals surface area contributed by atoms with Gasteiger partial charge in [-0.3, -0.25) is 4.68 Å². The van der Waals surface area contributed by atoms with Crippen LogP contribution in [-0.4, -0.2) is 23.1 Å². The maximum atomic E-state index is 5.22. The van der Waals surface area contributed by atoms with Crippen molar-refractivity contribution in [3.8, 4) is 5.75 Å². The zero-order chi connectivity index (χ0) is 20.1. The molecule has 0 saturated carbocycles. The van der Waals surface area contributed by atoms with Gasteiger partial charge in [-0.05, 0) is 47.7 Å². The van der Waals surface area contributed by atoms with Gasteiger partial charge in [-0.2, -0.15) is 5.10 Å². The van der Waals surface area contributed by atoms with Crippen molar-refractivity contribution in [3.05, 3.63) is 66.6 Å². The molecule has 0 unspecified atom stereocenters. The first-order valence-electron chi connectivity index (χ1n) is 9.50. The Morgan fingerprint density at radius 2 is 2.00 bits per heavy atom. The van der Waals surface area contributed by atoms with Crippen molar-refractivity contribution in [2.45, 2.75) is 33.7 Å². The largest absolute Gasteiger partial charge is 0.497 e. The molecule has 5 heteroatoms. The van der Waals surface area contributed by atoms with Crippen LogP contribution in [0.25, 0.3) is 10.9 Å². The zero-order valence-electron chi connectivity index (χ0n) is 17.1. The summed E-state index contributed by atoms with van der Waals surface area (Å²) in [4.78, 5) is 4.46. The van der Waals surface area contributed by atoms with Crippen LogP contribution in [0.2, 0.25) is 0 Å². The molecular formula is C23H28N4O. The molecule has 0 aliphatic carbocycles. The molecule has 0 aliphatic heterocycles. The smallest absolute Gasteiger partial charge is 0.122 e. The summed E-state index contributed by atoms with van der Waals surface area (Å²) in [7, 11) is 1.67. The Hall–Kier alpha value is -3.08. The lowest BCUT2D eigenvalue weighted by atomic mass is 9.92. The van der Waals surface area contributed by atoms with Crippen LogP contribution in [0.5, 0.6) is 5.75 Å². The monoisotopic (exact) mass is 376 g/mol. The van der Waals surface area contributed by atoms with Gasteiger partial charge in [0.15, 0.2) is 0 Å². The lowest BCUT2D eigenvalue weighted by Gasteiger charge is -2.16. The molecule has 0 fully saturated rings. The first-order chi connectivity index (χ1) is 13.4. The Kier molecular flexibility index (Phi) is 5.83. The molecule has 28 heavy (non-hydrogen) atoms. The van der Waals surface area contributed by atoms with Gasteiger partial charge in [-0.15, -0.1) is 0 Å². The first-order valence-corrected chi connectivity index (χ1v) is 9.50. The van der Waals surface area contributed by atoms with E-state index >= 15 is 0 Å². The van der Waals surface area contributed by atoms with Crippen molar-refractivity contribution < 1.29 is 4.74 Å². The van der Waals surface area contributed by atoms with Gasteiger partial charge in [0.05, 0.1) is 25.4 Å². The highest BCUT2D eigenvalue weighted by Crippen LogP contribution is 2.22. The second-order valence-corrected chi connectivity index (χ2v) is 7.60. The average molecular weight is 377 g/mol. The Bertz CT molecular complexity index is 984. The van der Waals surface area contributed by atoms with E-state index in [1.807, 2.05) is 35.3 Å². The number of anilines is 1.